The summed E-state index contributed by atoms with van der Waals surface area (Å²) < 4.78 is 2.06. The van der Waals surface area contributed by atoms with Crippen molar-refractivity contribution in [1.82, 2.24) is 10.2 Å². The predicted octanol–water partition coefficient (Wildman–Crippen LogP) is 16.4. The molecule has 1 aliphatic heterocycles. The Kier molecular flexibility index (Phi) is 14.2. The highest BCUT2D eigenvalue weighted by atomic mass is 32.2. The molecule has 0 bridgehead atoms. The van der Waals surface area contributed by atoms with Crippen LogP contribution in [-0.2, 0) is 0 Å². The predicted molar refractivity (Wildman–Crippen MR) is 258 cm³/mol. The fourth-order valence-electron chi connectivity index (χ4n) is 6.86. The Labute approximate surface area is 364 Å². The summed E-state index contributed by atoms with van der Waals surface area (Å²) in [5, 5.41) is 9.33. The largest absolute Gasteiger partial charge is 0.239 e. The fourth-order valence-corrected chi connectivity index (χ4v) is 12.5. The SMILES string of the molecule is CCCCCSc1nnc(SC2=C(/C=C/c3cc(-c4ccccc4)[s+]c(-c4ccccc4)c3)CCC/C2=C\C=C2C=C(c3ccccc3)SC(c3ccccc3)=C2)s1. The molecule has 2 nitrogen and oxygen atoms in total. The van der Waals surface area contributed by atoms with Gasteiger partial charge in [0.05, 0.1) is 0 Å². The van der Waals surface area contributed by atoms with Gasteiger partial charge < -0.3 is 0 Å². The van der Waals surface area contributed by atoms with E-state index in [2.05, 4.69) is 182 Å². The second-order valence-electron chi connectivity index (χ2n) is 14.1. The third-order valence-corrected chi connectivity index (χ3v) is 15.6. The first-order valence-corrected chi connectivity index (χ1v) is 24.2. The van der Waals surface area contributed by atoms with Crippen molar-refractivity contribution in [3.8, 4) is 20.9 Å². The fraction of sp³-hybridized carbons (Fsp3) is 0.157. The van der Waals surface area contributed by atoms with Gasteiger partial charge in [0.1, 0.15) is 0 Å². The van der Waals surface area contributed by atoms with Gasteiger partial charge >= 0.3 is 0 Å². The maximum absolute atomic E-state index is 4.71. The van der Waals surface area contributed by atoms with E-state index in [0.29, 0.717) is 0 Å². The van der Waals surface area contributed by atoms with Crippen LogP contribution in [0, 0.1) is 0 Å². The number of nitrogens with zero attached hydrogens (tertiary/aromatic N) is 2. The summed E-state index contributed by atoms with van der Waals surface area (Å²) in [6.45, 7) is 2.25. The summed E-state index contributed by atoms with van der Waals surface area (Å²) in [5.41, 5.74) is 10.0. The minimum absolute atomic E-state index is 1.00. The van der Waals surface area contributed by atoms with Crippen LogP contribution in [0.1, 0.15) is 62.1 Å². The number of hydrogen-bond donors (Lipinski definition) is 0. The van der Waals surface area contributed by atoms with Crippen LogP contribution in [0.25, 0.3) is 36.8 Å². The zero-order chi connectivity index (χ0) is 39.4. The molecule has 4 aromatic carbocycles. The van der Waals surface area contributed by atoms with Crippen LogP contribution in [0.3, 0.4) is 0 Å². The molecule has 8 rings (SSSR count). The number of benzene rings is 4. The van der Waals surface area contributed by atoms with Crippen molar-refractivity contribution in [2.45, 2.75) is 54.1 Å². The molecule has 1 aliphatic carbocycles. The number of allylic oxidation sites excluding steroid dienone is 8. The highest BCUT2D eigenvalue weighted by molar-refractivity contribution is 8.16. The van der Waals surface area contributed by atoms with Crippen LogP contribution in [0.15, 0.2) is 194 Å². The van der Waals surface area contributed by atoms with E-state index in [1.165, 1.54) is 88.3 Å². The lowest BCUT2D eigenvalue weighted by molar-refractivity contribution is 0.778. The van der Waals surface area contributed by atoms with Crippen molar-refractivity contribution in [2.24, 2.45) is 0 Å². The summed E-state index contributed by atoms with van der Waals surface area (Å²) in [6, 6.07) is 47.6. The van der Waals surface area contributed by atoms with E-state index in [-0.39, 0.29) is 0 Å². The molecule has 58 heavy (non-hydrogen) atoms. The molecule has 0 saturated heterocycles. The Morgan fingerprint density at radius 2 is 1.21 bits per heavy atom. The topological polar surface area (TPSA) is 25.8 Å². The number of aromatic nitrogens is 2. The third kappa shape index (κ3) is 10.8. The lowest BCUT2D eigenvalue weighted by Crippen LogP contribution is -2.00. The molecule has 0 saturated carbocycles. The quantitative estimate of drug-likeness (QED) is 0.0618. The number of thioether (sulfide) groups is 3. The van der Waals surface area contributed by atoms with Crippen LogP contribution >= 0.6 is 58.0 Å². The Morgan fingerprint density at radius 1 is 0.638 bits per heavy atom. The van der Waals surface area contributed by atoms with Gasteiger partial charge in [0.15, 0.2) is 8.68 Å². The van der Waals surface area contributed by atoms with Gasteiger partial charge in [-0.05, 0) is 95.5 Å². The van der Waals surface area contributed by atoms with Crippen molar-refractivity contribution >= 4 is 73.8 Å². The van der Waals surface area contributed by atoms with Crippen LogP contribution in [0.2, 0.25) is 0 Å². The molecule has 288 valence electrons. The molecule has 3 heterocycles. The van der Waals surface area contributed by atoms with E-state index in [1.54, 1.807) is 23.1 Å². The van der Waals surface area contributed by atoms with Crippen molar-refractivity contribution in [2.75, 3.05) is 5.75 Å². The zero-order valence-corrected chi connectivity index (χ0v) is 36.6. The average Bonchev–Trinajstić information content (AvgIpc) is 3.75. The Hall–Kier alpha value is -4.50. The summed E-state index contributed by atoms with van der Waals surface area (Å²) in [6.07, 6.45) is 20.9. The molecule has 7 heteroatoms. The minimum atomic E-state index is 1.00. The van der Waals surface area contributed by atoms with Crippen LogP contribution in [0.4, 0.5) is 0 Å². The van der Waals surface area contributed by atoms with Gasteiger partial charge in [-0.3, -0.25) is 0 Å². The summed E-state index contributed by atoms with van der Waals surface area (Å²) in [4.78, 5) is 6.34. The highest BCUT2D eigenvalue weighted by Gasteiger charge is 2.22. The number of hydrogen-bond acceptors (Lipinski definition) is 6. The molecule has 0 unspecified atom stereocenters. The third-order valence-electron chi connectivity index (χ3n) is 9.84. The lowest BCUT2D eigenvalue weighted by atomic mass is 9.93. The van der Waals surface area contributed by atoms with Gasteiger partial charge in [-0.1, -0.05) is 188 Å². The molecular weight excluding hydrogens is 801 g/mol. The van der Waals surface area contributed by atoms with E-state index in [4.69, 9.17) is 5.10 Å². The first-order chi connectivity index (χ1) is 28.7. The van der Waals surface area contributed by atoms with E-state index in [9.17, 15) is 0 Å². The smallest absolute Gasteiger partial charge is 0.131 e. The van der Waals surface area contributed by atoms with E-state index < -0.39 is 0 Å². The average molecular weight is 846 g/mol. The molecule has 2 aromatic heterocycles. The Morgan fingerprint density at radius 3 is 1.79 bits per heavy atom. The summed E-state index contributed by atoms with van der Waals surface area (Å²) in [5.74, 6) is 1.09. The second-order valence-corrected chi connectivity index (χ2v) is 19.8. The maximum atomic E-state index is 4.71. The monoisotopic (exact) mass is 845 g/mol. The molecule has 0 atom stereocenters. The van der Waals surface area contributed by atoms with Crippen molar-refractivity contribution < 1.29 is 0 Å². The van der Waals surface area contributed by atoms with E-state index in [0.717, 1.165) is 33.7 Å². The van der Waals surface area contributed by atoms with Gasteiger partial charge in [0.25, 0.3) is 0 Å². The molecule has 0 fully saturated rings. The van der Waals surface area contributed by atoms with Crippen LogP contribution < -0.4 is 0 Å². The second kappa shape index (κ2) is 20.5. The summed E-state index contributed by atoms with van der Waals surface area (Å²) >= 11 is 9.04. The molecule has 2 aliphatic rings. The first-order valence-electron chi connectivity index (χ1n) is 20.0. The lowest BCUT2D eigenvalue weighted by Gasteiger charge is -2.21. The van der Waals surface area contributed by atoms with Gasteiger partial charge in [-0.15, -0.1) is 10.2 Å². The Balaban J connectivity index is 1.18. The Bertz CT molecular complexity index is 2380. The normalized spacial score (nSPS) is 15.2. The van der Waals surface area contributed by atoms with Crippen molar-refractivity contribution in [1.29, 1.82) is 0 Å². The zero-order valence-electron chi connectivity index (χ0n) is 32.6. The number of rotatable bonds is 14. The van der Waals surface area contributed by atoms with Crippen LogP contribution in [0.5, 0.6) is 0 Å². The van der Waals surface area contributed by atoms with Gasteiger partial charge in [0, 0.05) is 43.7 Å². The van der Waals surface area contributed by atoms with Crippen molar-refractivity contribution in [3.63, 3.8) is 0 Å². The van der Waals surface area contributed by atoms with Gasteiger partial charge in [0.2, 0.25) is 21.1 Å². The first kappa shape index (κ1) is 40.3. The van der Waals surface area contributed by atoms with E-state index in [1.807, 2.05) is 34.9 Å². The van der Waals surface area contributed by atoms with E-state index >= 15 is 0 Å². The molecule has 6 aromatic rings. The van der Waals surface area contributed by atoms with Gasteiger partial charge in [-0.2, -0.15) is 0 Å². The highest BCUT2D eigenvalue weighted by Crippen LogP contribution is 2.46. The summed E-state index contributed by atoms with van der Waals surface area (Å²) in [7, 11) is 0. The molecular formula is C51H45N2S5+. The molecule has 0 amide bonds. The van der Waals surface area contributed by atoms with Crippen LogP contribution in [-0.4, -0.2) is 16.0 Å². The standard InChI is InChI=1S/C51H45N2S5/c1-2-3-16-32-54-50-52-53-51(58-50)57-49-43(30-28-37-33-45(39-18-8-4-9-19-39)55-46(34-37)40-20-10-5-11-21-40)26-17-27-44(49)31-29-38-35-47(41-22-12-6-13-23-41)56-48(36-38)42-24-14-7-15-25-42/h4-15,18-25,28-31,33-36H,2-3,16-17,26-27,32H2,1H3/q+1. The minimum Gasteiger partial charge on any atom is -0.131 e. The molecule has 0 radical (unpaired) electrons. The van der Waals surface area contributed by atoms with Crippen molar-refractivity contribution in [3.05, 3.63) is 202 Å². The molecule has 0 spiro atoms. The maximum Gasteiger partial charge on any atom is 0.239 e. The number of unbranched alkanes of at least 4 members (excludes halogenated alkanes) is 2. The van der Waals surface area contributed by atoms with Gasteiger partial charge in [-0.25, -0.2) is 0 Å². The molecule has 0 N–H and O–H groups in total.